The molecule has 2 saturated heterocycles. The van der Waals surface area contributed by atoms with Crippen LogP contribution in [0.15, 0.2) is 23.1 Å². The predicted molar refractivity (Wildman–Crippen MR) is 99.6 cm³/mol. The molecule has 2 unspecified atom stereocenters. The number of carbonyl (C=O) groups is 1. The molecule has 2 fully saturated rings. The van der Waals surface area contributed by atoms with Crippen LogP contribution in [0.3, 0.4) is 0 Å². The van der Waals surface area contributed by atoms with Gasteiger partial charge in [-0.05, 0) is 42.9 Å². The molecule has 2 atom stereocenters. The number of aryl methyl sites for hydroxylation is 1. The molecule has 1 aromatic carbocycles. The van der Waals surface area contributed by atoms with E-state index in [2.05, 4.69) is 13.8 Å². The third-order valence-corrected chi connectivity index (χ3v) is 7.10. The van der Waals surface area contributed by atoms with Crippen molar-refractivity contribution in [2.24, 2.45) is 11.8 Å². The van der Waals surface area contributed by atoms with Gasteiger partial charge in [0, 0.05) is 31.7 Å². The second-order valence-corrected chi connectivity index (χ2v) is 9.59. The molecule has 2 heterocycles. The van der Waals surface area contributed by atoms with E-state index in [1.54, 1.807) is 18.2 Å². The highest BCUT2D eigenvalue weighted by Gasteiger charge is 2.30. The maximum absolute atomic E-state index is 13.1. The number of piperidine rings is 1. The van der Waals surface area contributed by atoms with E-state index >= 15 is 0 Å². The average molecular weight is 381 g/mol. The molecule has 7 heteroatoms. The molecule has 2 aliphatic heterocycles. The number of nitrogens with zero attached hydrogens (tertiary/aromatic N) is 2. The second-order valence-electron chi connectivity index (χ2n) is 7.65. The first-order chi connectivity index (χ1) is 12.3. The van der Waals surface area contributed by atoms with Crippen molar-refractivity contribution in [2.45, 2.75) is 32.1 Å². The summed E-state index contributed by atoms with van der Waals surface area (Å²) in [5, 5.41) is 0. The quantitative estimate of drug-likeness (QED) is 0.806. The van der Waals surface area contributed by atoms with Gasteiger partial charge >= 0.3 is 0 Å². The molecule has 144 valence electrons. The van der Waals surface area contributed by atoms with Crippen molar-refractivity contribution in [1.82, 2.24) is 9.21 Å². The lowest BCUT2D eigenvalue weighted by Gasteiger charge is -2.35. The van der Waals surface area contributed by atoms with Crippen molar-refractivity contribution in [3.05, 3.63) is 29.3 Å². The minimum absolute atomic E-state index is 0.0695. The molecule has 3 rings (SSSR count). The van der Waals surface area contributed by atoms with Crippen LogP contribution in [0.25, 0.3) is 0 Å². The zero-order valence-electron chi connectivity index (χ0n) is 15.8. The summed E-state index contributed by atoms with van der Waals surface area (Å²) >= 11 is 0. The maximum Gasteiger partial charge on any atom is 0.254 e. The monoisotopic (exact) mass is 380 g/mol. The Bertz CT molecular complexity index is 762. The molecule has 0 saturated carbocycles. The van der Waals surface area contributed by atoms with Crippen LogP contribution in [0.1, 0.15) is 36.2 Å². The zero-order chi connectivity index (χ0) is 18.9. The van der Waals surface area contributed by atoms with E-state index in [0.29, 0.717) is 43.7 Å². The van der Waals surface area contributed by atoms with Gasteiger partial charge in [-0.3, -0.25) is 4.79 Å². The summed E-state index contributed by atoms with van der Waals surface area (Å²) in [6.07, 6.45) is 1.12. The van der Waals surface area contributed by atoms with Crippen LogP contribution in [0.4, 0.5) is 0 Å². The van der Waals surface area contributed by atoms with Gasteiger partial charge in [0.05, 0.1) is 18.1 Å². The summed E-state index contributed by atoms with van der Waals surface area (Å²) in [5.74, 6) is 0.853. The molecular formula is C19H28N2O4S. The van der Waals surface area contributed by atoms with Crippen LogP contribution in [0, 0.1) is 18.8 Å². The first-order valence-corrected chi connectivity index (χ1v) is 10.7. The van der Waals surface area contributed by atoms with E-state index in [0.717, 1.165) is 25.1 Å². The number of amides is 1. The van der Waals surface area contributed by atoms with Crippen LogP contribution >= 0.6 is 0 Å². The van der Waals surface area contributed by atoms with Crippen LogP contribution in [0.2, 0.25) is 0 Å². The fraction of sp³-hybridized carbons (Fsp3) is 0.632. The lowest BCUT2D eigenvalue weighted by atomic mass is 9.91. The second kappa shape index (κ2) is 7.66. The standard InChI is InChI=1S/C19H28N2O4S/c1-14-10-15(2)13-20(12-14)19(22)18-11-17(5-4-16(18)3)26(23,24)21-6-8-25-9-7-21/h4-5,11,14-15H,6-10,12-13H2,1-3H3. The number of rotatable bonds is 3. The van der Waals surface area contributed by atoms with E-state index in [1.165, 1.54) is 4.31 Å². The normalized spacial score (nSPS) is 25.3. The molecule has 0 radical (unpaired) electrons. The van der Waals surface area contributed by atoms with Gasteiger partial charge < -0.3 is 9.64 Å². The van der Waals surface area contributed by atoms with Crippen molar-refractivity contribution in [1.29, 1.82) is 0 Å². The van der Waals surface area contributed by atoms with Crippen molar-refractivity contribution >= 4 is 15.9 Å². The molecule has 2 aliphatic rings. The third kappa shape index (κ3) is 3.94. The average Bonchev–Trinajstić information content (AvgIpc) is 2.61. The summed E-state index contributed by atoms with van der Waals surface area (Å²) in [4.78, 5) is 15.1. The Morgan fingerprint density at radius 2 is 1.73 bits per heavy atom. The van der Waals surface area contributed by atoms with Crippen LogP contribution in [-0.2, 0) is 14.8 Å². The van der Waals surface area contributed by atoms with E-state index < -0.39 is 10.0 Å². The summed E-state index contributed by atoms with van der Waals surface area (Å²) in [7, 11) is -3.60. The lowest BCUT2D eigenvalue weighted by molar-refractivity contribution is 0.0622. The van der Waals surface area contributed by atoms with Gasteiger partial charge in [-0.25, -0.2) is 8.42 Å². The van der Waals surface area contributed by atoms with Crippen molar-refractivity contribution in [3.63, 3.8) is 0 Å². The first-order valence-electron chi connectivity index (χ1n) is 9.27. The van der Waals surface area contributed by atoms with Gasteiger partial charge in [-0.1, -0.05) is 19.9 Å². The smallest absolute Gasteiger partial charge is 0.254 e. The molecule has 0 aliphatic carbocycles. The number of ether oxygens (including phenoxy) is 1. The number of sulfonamides is 1. The highest BCUT2D eigenvalue weighted by atomic mass is 32.2. The molecule has 0 aromatic heterocycles. The van der Waals surface area contributed by atoms with E-state index in [9.17, 15) is 13.2 Å². The van der Waals surface area contributed by atoms with Gasteiger partial charge in [0.2, 0.25) is 10.0 Å². The maximum atomic E-state index is 13.1. The third-order valence-electron chi connectivity index (χ3n) is 5.20. The Labute approximate surface area is 156 Å². The summed E-state index contributed by atoms with van der Waals surface area (Å²) in [6.45, 7) is 9.12. The van der Waals surface area contributed by atoms with Gasteiger partial charge in [0.15, 0.2) is 0 Å². The molecular weight excluding hydrogens is 352 g/mol. The molecule has 0 bridgehead atoms. The van der Waals surface area contributed by atoms with Crippen molar-refractivity contribution in [3.8, 4) is 0 Å². The van der Waals surface area contributed by atoms with Gasteiger partial charge in [0.25, 0.3) is 5.91 Å². The van der Waals surface area contributed by atoms with Crippen LogP contribution in [0.5, 0.6) is 0 Å². The summed E-state index contributed by atoms with van der Waals surface area (Å²) in [5.41, 5.74) is 1.29. The molecule has 0 spiro atoms. The number of likely N-dealkylation sites (tertiary alicyclic amines) is 1. The van der Waals surface area contributed by atoms with Gasteiger partial charge in [-0.2, -0.15) is 4.31 Å². The molecule has 26 heavy (non-hydrogen) atoms. The number of hydrogen-bond donors (Lipinski definition) is 0. The highest BCUT2D eigenvalue weighted by molar-refractivity contribution is 7.89. The number of carbonyl (C=O) groups excluding carboxylic acids is 1. The van der Waals surface area contributed by atoms with E-state index in [4.69, 9.17) is 4.74 Å². The minimum Gasteiger partial charge on any atom is -0.379 e. The number of benzene rings is 1. The zero-order valence-corrected chi connectivity index (χ0v) is 16.6. The Balaban J connectivity index is 1.89. The summed E-state index contributed by atoms with van der Waals surface area (Å²) in [6, 6.07) is 4.88. The SMILES string of the molecule is Cc1ccc(S(=O)(=O)N2CCOCC2)cc1C(=O)N1CC(C)CC(C)C1. The lowest BCUT2D eigenvalue weighted by Crippen LogP contribution is -2.43. The largest absolute Gasteiger partial charge is 0.379 e. The Morgan fingerprint density at radius 3 is 2.35 bits per heavy atom. The van der Waals surface area contributed by atoms with Gasteiger partial charge in [-0.15, -0.1) is 0 Å². The fourth-order valence-electron chi connectivity index (χ4n) is 3.93. The molecule has 1 amide bonds. The highest BCUT2D eigenvalue weighted by Crippen LogP contribution is 2.25. The van der Waals surface area contributed by atoms with Crippen LogP contribution in [-0.4, -0.2) is 62.9 Å². The Hall–Kier alpha value is -1.44. The molecule has 0 N–H and O–H groups in total. The van der Waals surface area contributed by atoms with Crippen molar-refractivity contribution < 1.29 is 17.9 Å². The van der Waals surface area contributed by atoms with Crippen LogP contribution < -0.4 is 0 Å². The number of morpholine rings is 1. The summed E-state index contributed by atoms with van der Waals surface area (Å²) < 4.78 is 32.5. The fourth-order valence-corrected chi connectivity index (χ4v) is 5.36. The first kappa shape index (κ1) is 19.3. The van der Waals surface area contributed by atoms with Gasteiger partial charge in [0.1, 0.15) is 0 Å². The molecule has 1 aromatic rings. The Morgan fingerprint density at radius 1 is 1.12 bits per heavy atom. The van der Waals surface area contributed by atoms with E-state index in [1.807, 2.05) is 11.8 Å². The van der Waals surface area contributed by atoms with Crippen molar-refractivity contribution in [2.75, 3.05) is 39.4 Å². The molecule has 6 nitrogen and oxygen atoms in total. The Kier molecular flexibility index (Phi) is 5.69. The minimum atomic E-state index is -3.60. The number of hydrogen-bond acceptors (Lipinski definition) is 4. The topological polar surface area (TPSA) is 66.9 Å². The van der Waals surface area contributed by atoms with E-state index in [-0.39, 0.29) is 10.8 Å². The predicted octanol–water partition coefficient (Wildman–Crippen LogP) is 2.13.